The van der Waals surface area contributed by atoms with Crippen LogP contribution in [-0.2, 0) is 0 Å². The third-order valence-electron chi connectivity index (χ3n) is 4.91. The van der Waals surface area contributed by atoms with Crippen LogP contribution in [-0.4, -0.2) is 53.0 Å². The maximum absolute atomic E-state index is 12.6. The van der Waals surface area contributed by atoms with Gasteiger partial charge < -0.3 is 15.0 Å². The zero-order chi connectivity index (χ0) is 19.6. The predicted molar refractivity (Wildman–Crippen MR) is 94.6 cm³/mol. The van der Waals surface area contributed by atoms with Crippen molar-refractivity contribution < 1.29 is 22.7 Å². The lowest BCUT2D eigenvalue weighted by molar-refractivity contribution is -0.274. The number of ether oxygens (including phenoxy) is 1. The van der Waals surface area contributed by atoms with E-state index >= 15 is 0 Å². The Kier molecular flexibility index (Phi) is 5.59. The first-order valence-electron chi connectivity index (χ1n) is 8.98. The molecule has 1 unspecified atom stereocenters. The van der Waals surface area contributed by atoms with Gasteiger partial charge in [0.1, 0.15) is 5.75 Å². The summed E-state index contributed by atoms with van der Waals surface area (Å²) in [6.07, 6.45) is -0.509. The van der Waals surface area contributed by atoms with E-state index in [-0.39, 0.29) is 22.9 Å². The number of H-pyrrole nitrogens is 1. The van der Waals surface area contributed by atoms with Crippen molar-refractivity contribution in [1.29, 1.82) is 0 Å². The van der Waals surface area contributed by atoms with E-state index in [9.17, 15) is 18.0 Å². The van der Waals surface area contributed by atoms with Crippen molar-refractivity contribution in [3.8, 4) is 5.75 Å². The number of carbonyl (C=O) groups excluding carboxylic acids is 1. The Morgan fingerprint density at radius 1 is 1.44 bits per heavy atom. The topological polar surface area (TPSA) is 70.2 Å². The third kappa shape index (κ3) is 4.91. The van der Waals surface area contributed by atoms with Gasteiger partial charge in [-0.05, 0) is 58.0 Å². The first-order chi connectivity index (χ1) is 12.7. The predicted octanol–water partition coefficient (Wildman–Crippen LogP) is 3.45. The Balaban J connectivity index is 1.70. The Morgan fingerprint density at radius 3 is 2.93 bits per heavy atom. The highest BCUT2D eigenvalue weighted by Crippen LogP contribution is 2.27. The summed E-state index contributed by atoms with van der Waals surface area (Å²) in [5.74, 6) is -0.807. The van der Waals surface area contributed by atoms with Crippen molar-refractivity contribution in [3.05, 3.63) is 23.9 Å². The molecule has 1 amide bonds. The van der Waals surface area contributed by atoms with Crippen LogP contribution in [0.1, 0.15) is 43.1 Å². The van der Waals surface area contributed by atoms with E-state index in [2.05, 4.69) is 32.2 Å². The number of hydrogen-bond acceptors (Lipinski definition) is 4. The molecule has 1 aromatic carbocycles. The van der Waals surface area contributed by atoms with Gasteiger partial charge in [-0.1, -0.05) is 6.42 Å². The lowest BCUT2D eigenvalue weighted by Crippen LogP contribution is -2.42. The van der Waals surface area contributed by atoms with Crippen LogP contribution in [0.2, 0.25) is 0 Å². The number of nitrogens with zero attached hydrogens (tertiary/aromatic N) is 2. The first kappa shape index (κ1) is 19.5. The van der Waals surface area contributed by atoms with E-state index in [1.807, 2.05) is 6.92 Å². The van der Waals surface area contributed by atoms with Gasteiger partial charge in [-0.3, -0.25) is 9.89 Å². The van der Waals surface area contributed by atoms with Crippen molar-refractivity contribution in [2.24, 2.45) is 0 Å². The van der Waals surface area contributed by atoms with E-state index in [1.165, 1.54) is 31.0 Å². The highest BCUT2D eigenvalue weighted by molar-refractivity contribution is 6.05. The number of benzene rings is 1. The van der Waals surface area contributed by atoms with Gasteiger partial charge in [0.2, 0.25) is 0 Å². The van der Waals surface area contributed by atoms with Crippen LogP contribution in [0.3, 0.4) is 0 Å². The summed E-state index contributed by atoms with van der Waals surface area (Å²) >= 11 is 0. The molecule has 6 nitrogen and oxygen atoms in total. The summed E-state index contributed by atoms with van der Waals surface area (Å²) in [7, 11) is 2.09. The number of likely N-dealkylation sites (tertiary alicyclic amines) is 1. The zero-order valence-electron chi connectivity index (χ0n) is 15.3. The lowest BCUT2D eigenvalue weighted by Gasteiger charge is -2.34. The number of piperidine rings is 1. The van der Waals surface area contributed by atoms with Crippen molar-refractivity contribution >= 4 is 16.8 Å². The van der Waals surface area contributed by atoms with Gasteiger partial charge in [-0.25, -0.2) is 0 Å². The van der Waals surface area contributed by atoms with Crippen molar-refractivity contribution in [1.82, 2.24) is 20.4 Å². The number of halogens is 3. The largest absolute Gasteiger partial charge is 0.573 e. The Morgan fingerprint density at radius 2 is 2.22 bits per heavy atom. The molecule has 2 N–H and O–H groups in total. The number of aromatic nitrogens is 2. The molecule has 0 spiro atoms. The highest BCUT2D eigenvalue weighted by atomic mass is 19.4. The fraction of sp³-hybridized carbons (Fsp3) is 0.556. The van der Waals surface area contributed by atoms with Crippen LogP contribution in [0, 0.1) is 0 Å². The van der Waals surface area contributed by atoms with Crippen molar-refractivity contribution in [3.63, 3.8) is 0 Å². The Hall–Kier alpha value is -2.29. The van der Waals surface area contributed by atoms with E-state index in [0.717, 1.165) is 19.4 Å². The molecule has 148 valence electrons. The SMILES string of the molecule is C[C@H](CC1CCCCN1C)NC(=O)c1n[nH]c2ccc(OC(F)(F)F)cc12. The number of carbonyl (C=O) groups is 1. The molecule has 2 heterocycles. The van der Waals surface area contributed by atoms with Gasteiger partial charge in [0.15, 0.2) is 5.69 Å². The molecule has 1 aliphatic rings. The molecular formula is C18H23F3N4O2. The van der Waals surface area contributed by atoms with Crippen LogP contribution in [0.4, 0.5) is 13.2 Å². The third-order valence-corrected chi connectivity index (χ3v) is 4.91. The van der Waals surface area contributed by atoms with Crippen LogP contribution in [0.15, 0.2) is 18.2 Å². The van der Waals surface area contributed by atoms with Gasteiger partial charge in [-0.2, -0.15) is 5.10 Å². The minimum atomic E-state index is -4.79. The molecular weight excluding hydrogens is 361 g/mol. The van der Waals surface area contributed by atoms with Crippen LogP contribution in [0.25, 0.3) is 10.9 Å². The smallest absolute Gasteiger partial charge is 0.406 e. The quantitative estimate of drug-likeness (QED) is 0.828. The monoisotopic (exact) mass is 384 g/mol. The highest BCUT2D eigenvalue weighted by Gasteiger charge is 2.31. The van der Waals surface area contributed by atoms with E-state index in [0.29, 0.717) is 11.6 Å². The van der Waals surface area contributed by atoms with Crippen molar-refractivity contribution in [2.45, 2.75) is 51.1 Å². The molecule has 27 heavy (non-hydrogen) atoms. The van der Waals surface area contributed by atoms with Gasteiger partial charge in [0.05, 0.1) is 5.52 Å². The second-order valence-electron chi connectivity index (χ2n) is 7.07. The standard InChI is InChI=1S/C18H23F3N4O2/c1-11(9-12-5-3-4-8-25(12)2)22-17(26)16-14-10-13(27-18(19,20)21)6-7-15(14)23-24-16/h6-7,10-12H,3-5,8-9H2,1-2H3,(H,22,26)(H,23,24)/t11-,12?/m1/s1. The van der Waals surface area contributed by atoms with Gasteiger partial charge in [0.25, 0.3) is 5.91 Å². The number of aromatic amines is 1. The molecule has 0 radical (unpaired) electrons. The van der Waals surface area contributed by atoms with E-state index in [1.54, 1.807) is 0 Å². The van der Waals surface area contributed by atoms with E-state index in [4.69, 9.17) is 0 Å². The van der Waals surface area contributed by atoms with Gasteiger partial charge >= 0.3 is 6.36 Å². The summed E-state index contributed by atoms with van der Waals surface area (Å²) < 4.78 is 41.2. The molecule has 9 heteroatoms. The maximum Gasteiger partial charge on any atom is 0.573 e. The second kappa shape index (κ2) is 7.75. The summed E-state index contributed by atoms with van der Waals surface area (Å²) in [5, 5.41) is 9.82. The fourth-order valence-electron chi connectivity index (χ4n) is 3.56. The molecule has 3 rings (SSSR count). The Bertz CT molecular complexity index is 805. The summed E-state index contributed by atoms with van der Waals surface area (Å²) in [5.41, 5.74) is 0.524. The summed E-state index contributed by atoms with van der Waals surface area (Å²) in [4.78, 5) is 14.9. The lowest BCUT2D eigenvalue weighted by atomic mass is 9.97. The van der Waals surface area contributed by atoms with Gasteiger partial charge in [-0.15, -0.1) is 13.2 Å². The maximum atomic E-state index is 12.6. The summed E-state index contributed by atoms with van der Waals surface area (Å²) in [6.45, 7) is 2.98. The Labute approximate surface area is 155 Å². The fourth-order valence-corrected chi connectivity index (χ4v) is 3.56. The molecule has 1 aromatic heterocycles. The molecule has 0 saturated carbocycles. The van der Waals surface area contributed by atoms with Crippen LogP contribution >= 0.6 is 0 Å². The van der Waals surface area contributed by atoms with Crippen LogP contribution in [0.5, 0.6) is 5.75 Å². The first-order valence-corrected chi connectivity index (χ1v) is 8.98. The molecule has 1 saturated heterocycles. The minimum Gasteiger partial charge on any atom is -0.406 e. The normalized spacial score (nSPS) is 19.8. The zero-order valence-corrected chi connectivity index (χ0v) is 15.3. The average Bonchev–Trinajstić information content (AvgIpc) is 2.98. The second-order valence-corrected chi connectivity index (χ2v) is 7.07. The molecule has 1 fully saturated rings. The average molecular weight is 384 g/mol. The number of hydrogen-bond donors (Lipinski definition) is 2. The summed E-state index contributed by atoms with van der Waals surface area (Å²) in [6, 6.07) is 4.08. The number of alkyl halides is 3. The van der Waals surface area contributed by atoms with Crippen LogP contribution < -0.4 is 10.1 Å². The number of nitrogens with one attached hydrogen (secondary N) is 2. The molecule has 0 aliphatic carbocycles. The van der Waals surface area contributed by atoms with Crippen molar-refractivity contribution in [2.75, 3.05) is 13.6 Å². The molecule has 2 aromatic rings. The van der Waals surface area contributed by atoms with Gasteiger partial charge in [0, 0.05) is 17.5 Å². The molecule has 1 aliphatic heterocycles. The number of fused-ring (bicyclic) bond motifs is 1. The molecule has 2 atom stereocenters. The number of amides is 1. The number of rotatable bonds is 5. The van der Waals surface area contributed by atoms with E-state index < -0.39 is 12.3 Å². The molecule has 0 bridgehead atoms. The minimum absolute atomic E-state index is 0.0569.